The molecule has 2 aliphatic rings. The Hall–Kier alpha value is -3.30. The number of carbonyl (C=O) groups is 2. The van der Waals surface area contributed by atoms with Crippen LogP contribution < -0.4 is 0 Å². The summed E-state index contributed by atoms with van der Waals surface area (Å²) in [5.74, 6) is -1.90. The topological polar surface area (TPSA) is 191 Å². The van der Waals surface area contributed by atoms with E-state index in [1.807, 2.05) is 0 Å². The maximum Gasteiger partial charge on any atom is 0.336 e. The van der Waals surface area contributed by atoms with Gasteiger partial charge in [-0.05, 0) is 41.8 Å². The van der Waals surface area contributed by atoms with Crippen LogP contribution in [0.25, 0.3) is 6.08 Å². The zero-order valence-electron chi connectivity index (χ0n) is 22.0. The molecule has 1 fully saturated rings. The molecule has 0 amide bonds. The molecule has 7 atom stereocenters. The van der Waals surface area contributed by atoms with E-state index in [1.54, 1.807) is 18.2 Å². The van der Waals surface area contributed by atoms with Gasteiger partial charge in [0.15, 0.2) is 6.29 Å². The van der Waals surface area contributed by atoms with E-state index in [1.165, 1.54) is 38.5 Å². The van der Waals surface area contributed by atoms with Gasteiger partial charge in [-0.15, -0.1) is 0 Å². The second-order valence-electron chi connectivity index (χ2n) is 9.05. The van der Waals surface area contributed by atoms with Crippen molar-refractivity contribution in [3.05, 3.63) is 59.4 Å². The van der Waals surface area contributed by atoms with Crippen LogP contribution in [0, 0.1) is 5.92 Å². The third-order valence-electron chi connectivity index (χ3n) is 6.34. The molecule has 1 aromatic carbocycles. The highest BCUT2D eigenvalue weighted by atomic mass is 16.8. The third-order valence-corrected chi connectivity index (χ3v) is 6.34. The first-order valence-electron chi connectivity index (χ1n) is 12.4. The molecule has 0 bridgehead atoms. The standard InChI is InChI=1S/C27H34O13/c1-35-13-16(9-10-37-21(30)8-5-15-3-6-18(29)7-4-15)19-11-17(25(34)36-2)14-38-26(19)40-27-24(33)23(32)22(31)20(12-28)39-27/h3-9,14,19-20,22-24,26-29,31-33H,10-13H2,1-2H3/b8-5+,16-9-/t19-,20+,22+,23-,24+,26-,27-/m0/s1. The molecule has 2 aliphatic heterocycles. The monoisotopic (exact) mass is 566 g/mol. The number of phenolic OH excluding ortho intramolecular Hbond substituents is 1. The number of benzene rings is 1. The Morgan fingerprint density at radius 3 is 2.42 bits per heavy atom. The number of rotatable bonds is 11. The molecule has 1 saturated heterocycles. The van der Waals surface area contributed by atoms with Crippen molar-refractivity contribution in [2.75, 3.05) is 34.0 Å². The Morgan fingerprint density at radius 2 is 1.77 bits per heavy atom. The van der Waals surface area contributed by atoms with Crippen LogP contribution in [0.3, 0.4) is 0 Å². The molecule has 13 nitrogen and oxygen atoms in total. The smallest absolute Gasteiger partial charge is 0.336 e. The number of esters is 2. The summed E-state index contributed by atoms with van der Waals surface area (Å²) in [7, 11) is 2.65. The number of ether oxygens (including phenoxy) is 6. The van der Waals surface area contributed by atoms with Gasteiger partial charge in [-0.2, -0.15) is 0 Å². The molecule has 0 radical (unpaired) electrons. The number of aromatic hydroxyl groups is 1. The second-order valence-corrected chi connectivity index (χ2v) is 9.05. The van der Waals surface area contributed by atoms with Crippen LogP contribution in [0.5, 0.6) is 5.75 Å². The fraction of sp³-hybridized carbons (Fsp3) is 0.481. The Kier molecular flexibility index (Phi) is 11.6. The van der Waals surface area contributed by atoms with Crippen LogP contribution in [-0.2, 0) is 38.0 Å². The predicted octanol–water partition coefficient (Wildman–Crippen LogP) is -0.243. The van der Waals surface area contributed by atoms with E-state index in [-0.39, 0.29) is 31.0 Å². The van der Waals surface area contributed by atoms with Gasteiger partial charge in [-0.1, -0.05) is 12.1 Å². The summed E-state index contributed by atoms with van der Waals surface area (Å²) in [6.45, 7) is -0.788. The lowest BCUT2D eigenvalue weighted by molar-refractivity contribution is -0.338. The summed E-state index contributed by atoms with van der Waals surface area (Å²) >= 11 is 0. The molecule has 220 valence electrons. The Labute approximate surface area is 230 Å². The predicted molar refractivity (Wildman–Crippen MR) is 136 cm³/mol. The third kappa shape index (κ3) is 8.11. The minimum absolute atomic E-state index is 0.0257. The van der Waals surface area contributed by atoms with Gasteiger partial charge < -0.3 is 54.0 Å². The number of hydrogen-bond acceptors (Lipinski definition) is 13. The highest BCUT2D eigenvalue weighted by Gasteiger charge is 2.46. The van der Waals surface area contributed by atoms with Crippen LogP contribution in [0.1, 0.15) is 12.0 Å². The highest BCUT2D eigenvalue weighted by molar-refractivity contribution is 5.88. The van der Waals surface area contributed by atoms with Crippen LogP contribution in [0.2, 0.25) is 0 Å². The van der Waals surface area contributed by atoms with Crippen molar-refractivity contribution in [1.29, 1.82) is 0 Å². The fourth-order valence-corrected chi connectivity index (χ4v) is 4.15. The first-order chi connectivity index (χ1) is 19.2. The lowest BCUT2D eigenvalue weighted by atomic mass is 9.89. The molecule has 0 unspecified atom stereocenters. The van der Waals surface area contributed by atoms with Gasteiger partial charge in [0, 0.05) is 19.1 Å². The molecular weight excluding hydrogens is 532 g/mol. The van der Waals surface area contributed by atoms with Gasteiger partial charge in [0.1, 0.15) is 36.8 Å². The largest absolute Gasteiger partial charge is 0.508 e. The molecule has 0 spiro atoms. The lowest BCUT2D eigenvalue weighted by Gasteiger charge is -2.42. The molecule has 1 aromatic rings. The summed E-state index contributed by atoms with van der Waals surface area (Å²) in [5, 5.41) is 49.4. The molecule has 0 saturated carbocycles. The van der Waals surface area contributed by atoms with E-state index in [9.17, 15) is 35.1 Å². The molecule has 13 heteroatoms. The Balaban J connectivity index is 1.76. The number of carbonyl (C=O) groups excluding carboxylic acids is 2. The van der Waals surface area contributed by atoms with E-state index in [0.717, 1.165) is 6.26 Å². The molecule has 0 aliphatic carbocycles. The van der Waals surface area contributed by atoms with Crippen LogP contribution in [0.15, 0.2) is 53.8 Å². The molecule has 40 heavy (non-hydrogen) atoms. The normalized spacial score (nSPS) is 29.0. The van der Waals surface area contributed by atoms with Gasteiger partial charge in [0.2, 0.25) is 6.29 Å². The van der Waals surface area contributed by atoms with Crippen molar-refractivity contribution in [2.24, 2.45) is 5.92 Å². The van der Waals surface area contributed by atoms with Crippen LogP contribution in [-0.4, -0.2) is 109 Å². The zero-order chi connectivity index (χ0) is 29.2. The first kappa shape index (κ1) is 31.2. The number of hydrogen-bond donors (Lipinski definition) is 5. The Morgan fingerprint density at radius 1 is 1.05 bits per heavy atom. The van der Waals surface area contributed by atoms with Gasteiger partial charge in [-0.25, -0.2) is 9.59 Å². The minimum atomic E-state index is -1.68. The number of phenols is 1. The summed E-state index contributed by atoms with van der Waals surface area (Å²) in [6.07, 6.45) is -3.28. The minimum Gasteiger partial charge on any atom is -0.508 e. The molecule has 5 N–H and O–H groups in total. The van der Waals surface area contributed by atoms with E-state index in [4.69, 9.17) is 28.4 Å². The van der Waals surface area contributed by atoms with Crippen LogP contribution in [0.4, 0.5) is 0 Å². The van der Waals surface area contributed by atoms with Gasteiger partial charge in [0.25, 0.3) is 0 Å². The van der Waals surface area contributed by atoms with Crippen molar-refractivity contribution in [3.8, 4) is 5.75 Å². The van der Waals surface area contributed by atoms with Crippen molar-refractivity contribution in [2.45, 2.75) is 43.4 Å². The van der Waals surface area contributed by atoms with E-state index < -0.39 is 61.5 Å². The van der Waals surface area contributed by atoms with Gasteiger partial charge in [-0.3, -0.25) is 0 Å². The molecular formula is C27H34O13. The number of methoxy groups -OCH3 is 2. The number of aliphatic hydroxyl groups excluding tert-OH is 4. The first-order valence-corrected chi connectivity index (χ1v) is 12.4. The maximum absolute atomic E-state index is 12.2. The van der Waals surface area contributed by atoms with Crippen molar-refractivity contribution in [1.82, 2.24) is 0 Å². The maximum atomic E-state index is 12.2. The molecule has 2 heterocycles. The average molecular weight is 567 g/mol. The Bertz CT molecular complexity index is 1080. The zero-order valence-corrected chi connectivity index (χ0v) is 22.0. The van der Waals surface area contributed by atoms with E-state index in [2.05, 4.69) is 0 Å². The average Bonchev–Trinajstić information content (AvgIpc) is 2.96. The van der Waals surface area contributed by atoms with Crippen LogP contribution >= 0.6 is 0 Å². The quantitative estimate of drug-likeness (QED) is 0.134. The summed E-state index contributed by atoms with van der Waals surface area (Å²) in [6, 6.07) is 6.22. The van der Waals surface area contributed by atoms with Gasteiger partial charge >= 0.3 is 11.9 Å². The summed E-state index contributed by atoms with van der Waals surface area (Å²) in [4.78, 5) is 24.4. The number of aliphatic hydroxyl groups is 4. The van der Waals surface area contributed by atoms with Crippen molar-refractivity contribution >= 4 is 18.0 Å². The van der Waals surface area contributed by atoms with Gasteiger partial charge in [0.05, 0.1) is 32.2 Å². The lowest BCUT2D eigenvalue weighted by Crippen LogP contribution is -2.60. The summed E-state index contributed by atoms with van der Waals surface area (Å²) in [5.41, 5.74) is 1.37. The second kappa shape index (κ2) is 14.9. The fourth-order valence-electron chi connectivity index (χ4n) is 4.15. The highest BCUT2D eigenvalue weighted by Crippen LogP contribution is 2.34. The van der Waals surface area contributed by atoms with E-state index in [0.29, 0.717) is 11.1 Å². The summed E-state index contributed by atoms with van der Waals surface area (Å²) < 4.78 is 32.2. The van der Waals surface area contributed by atoms with E-state index >= 15 is 0 Å². The van der Waals surface area contributed by atoms with Crippen molar-refractivity contribution in [3.63, 3.8) is 0 Å². The molecule has 0 aromatic heterocycles. The SMILES string of the molecule is COC/C(=C/COC(=O)/C=C/c1ccc(O)cc1)[C@@H]1CC(C(=O)OC)=CO[C@H]1O[C@@H]1O[C@H](CO)[C@@H](O)[C@H](O)[C@H]1O. The molecule has 3 rings (SSSR count). The van der Waals surface area contributed by atoms with Crippen molar-refractivity contribution < 1.29 is 63.5 Å².